The minimum absolute atomic E-state index is 0.0322. The number of hydroxylamine groups is 1. The Hall–Kier alpha value is -0.790. The van der Waals surface area contributed by atoms with Crippen molar-refractivity contribution in [3.63, 3.8) is 0 Å². The summed E-state index contributed by atoms with van der Waals surface area (Å²) in [5.74, 6) is 1.01. The second kappa shape index (κ2) is 15.3. The molecule has 0 radical (unpaired) electrons. The summed E-state index contributed by atoms with van der Waals surface area (Å²) in [5.41, 5.74) is 1.93. The van der Waals surface area contributed by atoms with Gasteiger partial charge in [-0.3, -0.25) is 9.59 Å². The fraction of sp³-hybridized carbons (Fsp3) is 0.833. The van der Waals surface area contributed by atoms with Crippen LogP contribution in [0.2, 0.25) is 0 Å². The summed E-state index contributed by atoms with van der Waals surface area (Å²) >= 11 is 1.31. The Morgan fingerprint density at radius 3 is 2.16 bits per heavy atom. The monoisotopic (exact) mass is 293 g/mol. The molecule has 0 bridgehead atoms. The van der Waals surface area contributed by atoms with Gasteiger partial charge in [-0.2, -0.15) is 5.48 Å². The van der Waals surface area contributed by atoms with Gasteiger partial charge in [-0.05, 0) is 20.3 Å². The van der Waals surface area contributed by atoms with Gasteiger partial charge < -0.3 is 15.4 Å². The first-order valence-electron chi connectivity index (χ1n) is 6.50. The van der Waals surface area contributed by atoms with Gasteiger partial charge in [0.15, 0.2) is 0 Å². The van der Waals surface area contributed by atoms with Crippen molar-refractivity contribution in [2.75, 3.05) is 31.8 Å². The first-order chi connectivity index (χ1) is 9.06. The standard InChI is InChI=1S/C8H17NO.C4H10N2O2S/c1-4-7-8(10)9(5-2)6-3;1-5-4(7)2-9-3-6-8/h4-7H2,1-3H3;6,8H,2-3H2,1H3,(H,5,7). The average molecular weight is 293 g/mol. The Morgan fingerprint density at radius 2 is 1.79 bits per heavy atom. The second-order valence-electron chi connectivity index (χ2n) is 3.64. The summed E-state index contributed by atoms with van der Waals surface area (Å²) in [7, 11) is 1.58. The molecule has 0 aromatic carbocycles. The lowest BCUT2D eigenvalue weighted by Crippen LogP contribution is -2.29. The number of carbonyl (C=O) groups excluding carboxylic acids is 2. The fourth-order valence-electron chi connectivity index (χ4n) is 1.21. The van der Waals surface area contributed by atoms with Crippen molar-refractivity contribution in [1.29, 1.82) is 0 Å². The van der Waals surface area contributed by atoms with Gasteiger partial charge >= 0.3 is 0 Å². The van der Waals surface area contributed by atoms with Crippen molar-refractivity contribution in [3.8, 4) is 0 Å². The van der Waals surface area contributed by atoms with Crippen LogP contribution in [0, 0.1) is 0 Å². The number of nitrogens with one attached hydrogen (secondary N) is 2. The molecule has 0 saturated carbocycles. The van der Waals surface area contributed by atoms with E-state index in [4.69, 9.17) is 5.21 Å². The molecule has 0 heterocycles. The number of carbonyl (C=O) groups is 2. The lowest BCUT2D eigenvalue weighted by atomic mass is 10.3. The second-order valence-corrected chi connectivity index (χ2v) is 4.63. The lowest BCUT2D eigenvalue weighted by molar-refractivity contribution is -0.130. The van der Waals surface area contributed by atoms with Crippen LogP contribution in [0.4, 0.5) is 0 Å². The van der Waals surface area contributed by atoms with E-state index in [-0.39, 0.29) is 11.8 Å². The predicted molar refractivity (Wildman–Crippen MR) is 79.1 cm³/mol. The summed E-state index contributed by atoms with van der Waals surface area (Å²) in [6.07, 6.45) is 1.65. The molecule has 0 atom stereocenters. The fourth-order valence-corrected chi connectivity index (χ4v) is 1.73. The Labute approximate surface area is 120 Å². The lowest BCUT2D eigenvalue weighted by Gasteiger charge is -2.17. The molecule has 0 aromatic heterocycles. The summed E-state index contributed by atoms with van der Waals surface area (Å²) in [6.45, 7) is 7.74. The van der Waals surface area contributed by atoms with Crippen LogP contribution in [0.5, 0.6) is 0 Å². The third-order valence-electron chi connectivity index (χ3n) is 2.26. The van der Waals surface area contributed by atoms with Crippen LogP contribution in [0.1, 0.15) is 33.6 Å². The Bertz CT molecular complexity index is 236. The van der Waals surface area contributed by atoms with E-state index in [1.807, 2.05) is 31.2 Å². The molecule has 7 heteroatoms. The SMILES string of the molecule is CCCC(=O)N(CC)CC.CNC(=O)CSCNO. The van der Waals surface area contributed by atoms with E-state index < -0.39 is 0 Å². The number of amides is 2. The third-order valence-corrected chi connectivity index (χ3v) is 3.06. The molecule has 19 heavy (non-hydrogen) atoms. The van der Waals surface area contributed by atoms with Gasteiger partial charge in [-0.25, -0.2) is 0 Å². The number of nitrogens with zero attached hydrogens (tertiary/aromatic N) is 1. The molecule has 0 aliphatic carbocycles. The normalized spacial score (nSPS) is 9.32. The van der Waals surface area contributed by atoms with E-state index in [0.717, 1.165) is 19.5 Å². The molecule has 6 nitrogen and oxygen atoms in total. The van der Waals surface area contributed by atoms with Crippen LogP contribution in [-0.2, 0) is 9.59 Å². The topological polar surface area (TPSA) is 81.7 Å². The minimum atomic E-state index is -0.0322. The number of hydrogen-bond donors (Lipinski definition) is 3. The summed E-state index contributed by atoms with van der Waals surface area (Å²) in [6, 6.07) is 0. The predicted octanol–water partition coefficient (Wildman–Crippen LogP) is 1.06. The van der Waals surface area contributed by atoms with E-state index in [2.05, 4.69) is 5.32 Å². The van der Waals surface area contributed by atoms with Crippen molar-refractivity contribution in [2.24, 2.45) is 0 Å². The van der Waals surface area contributed by atoms with Crippen molar-refractivity contribution < 1.29 is 14.8 Å². The van der Waals surface area contributed by atoms with Crippen LogP contribution in [0.3, 0.4) is 0 Å². The molecule has 0 aliphatic rings. The summed E-state index contributed by atoms with van der Waals surface area (Å²) in [4.78, 5) is 23.4. The zero-order chi connectivity index (χ0) is 15.1. The molecule has 0 aromatic rings. The maximum Gasteiger partial charge on any atom is 0.229 e. The van der Waals surface area contributed by atoms with E-state index >= 15 is 0 Å². The maximum atomic E-state index is 11.1. The van der Waals surface area contributed by atoms with Crippen LogP contribution >= 0.6 is 11.8 Å². The van der Waals surface area contributed by atoms with E-state index in [1.54, 1.807) is 7.05 Å². The molecule has 2 amide bonds. The van der Waals surface area contributed by atoms with Gasteiger partial charge in [-0.15, -0.1) is 11.8 Å². The molecule has 0 aliphatic heterocycles. The van der Waals surface area contributed by atoms with Gasteiger partial charge in [0.2, 0.25) is 11.8 Å². The van der Waals surface area contributed by atoms with Gasteiger partial charge in [0.05, 0.1) is 11.6 Å². The molecule has 0 saturated heterocycles. The molecule has 114 valence electrons. The Balaban J connectivity index is 0. The van der Waals surface area contributed by atoms with E-state index in [1.165, 1.54) is 11.8 Å². The van der Waals surface area contributed by atoms with Crippen LogP contribution in [0.25, 0.3) is 0 Å². The zero-order valence-electron chi connectivity index (χ0n) is 12.4. The quantitative estimate of drug-likeness (QED) is 0.354. The van der Waals surface area contributed by atoms with Gasteiger partial charge in [0, 0.05) is 26.6 Å². The molecular formula is C12H27N3O3S. The highest BCUT2D eigenvalue weighted by Gasteiger charge is 2.06. The average Bonchev–Trinajstić information content (AvgIpc) is 2.41. The van der Waals surface area contributed by atoms with Crippen LogP contribution in [0.15, 0.2) is 0 Å². The summed E-state index contributed by atoms with van der Waals surface area (Å²) in [5, 5.41) is 10.5. The van der Waals surface area contributed by atoms with Crippen molar-refractivity contribution in [1.82, 2.24) is 15.7 Å². The van der Waals surface area contributed by atoms with Crippen LogP contribution in [-0.4, -0.2) is 53.7 Å². The highest BCUT2D eigenvalue weighted by atomic mass is 32.2. The molecule has 0 rings (SSSR count). The maximum absolute atomic E-state index is 11.1. The smallest absolute Gasteiger partial charge is 0.229 e. The van der Waals surface area contributed by atoms with Gasteiger partial charge in [0.1, 0.15) is 0 Å². The molecule has 0 spiro atoms. The molecule has 3 N–H and O–H groups in total. The first-order valence-corrected chi connectivity index (χ1v) is 7.65. The first kappa shape index (κ1) is 20.5. The third kappa shape index (κ3) is 13.4. The highest BCUT2D eigenvalue weighted by molar-refractivity contribution is 7.99. The number of rotatable bonds is 8. The summed E-state index contributed by atoms with van der Waals surface area (Å²) < 4.78 is 0. The Kier molecular flexibility index (Phi) is 16.5. The zero-order valence-corrected chi connectivity index (χ0v) is 13.2. The van der Waals surface area contributed by atoms with Gasteiger partial charge in [-0.1, -0.05) is 6.92 Å². The van der Waals surface area contributed by atoms with Gasteiger partial charge in [0.25, 0.3) is 0 Å². The number of hydrogen-bond acceptors (Lipinski definition) is 5. The van der Waals surface area contributed by atoms with Crippen LogP contribution < -0.4 is 10.8 Å². The molecule has 0 unspecified atom stereocenters. The minimum Gasteiger partial charge on any atom is -0.358 e. The van der Waals surface area contributed by atoms with E-state index in [9.17, 15) is 9.59 Å². The van der Waals surface area contributed by atoms with Crippen molar-refractivity contribution >= 4 is 23.6 Å². The Morgan fingerprint density at radius 1 is 1.21 bits per heavy atom. The highest BCUT2D eigenvalue weighted by Crippen LogP contribution is 1.95. The molecule has 0 fully saturated rings. The number of thioether (sulfide) groups is 1. The van der Waals surface area contributed by atoms with Crippen molar-refractivity contribution in [2.45, 2.75) is 33.6 Å². The largest absolute Gasteiger partial charge is 0.358 e. The van der Waals surface area contributed by atoms with E-state index in [0.29, 0.717) is 18.1 Å². The molecular weight excluding hydrogens is 266 g/mol. The van der Waals surface area contributed by atoms with Crippen molar-refractivity contribution in [3.05, 3.63) is 0 Å².